The van der Waals surface area contributed by atoms with E-state index in [0.29, 0.717) is 5.75 Å². The molecule has 4 nitrogen and oxygen atoms in total. The van der Waals surface area contributed by atoms with Crippen LogP contribution >= 0.6 is 0 Å². The molecule has 0 aliphatic heterocycles. The summed E-state index contributed by atoms with van der Waals surface area (Å²) in [7, 11) is 0. The lowest BCUT2D eigenvalue weighted by Crippen LogP contribution is -2.14. The van der Waals surface area contributed by atoms with Gasteiger partial charge in [-0.1, -0.05) is 5.92 Å². The Morgan fingerprint density at radius 1 is 1.47 bits per heavy atom. The average Bonchev–Trinajstić information content (AvgIpc) is 2.26. The van der Waals surface area contributed by atoms with Crippen LogP contribution in [-0.2, 0) is 0 Å². The highest BCUT2D eigenvalue weighted by Crippen LogP contribution is 2.12. The van der Waals surface area contributed by atoms with Gasteiger partial charge in [0.05, 0.1) is 5.56 Å². The summed E-state index contributed by atoms with van der Waals surface area (Å²) in [5.41, 5.74) is 0.180. The van der Waals surface area contributed by atoms with Crippen LogP contribution < -0.4 is 4.74 Å². The second kappa shape index (κ2) is 5.03. The number of aliphatic hydroxyl groups is 1. The highest BCUT2D eigenvalue weighted by Gasteiger charge is 2.03. The molecule has 0 aliphatic rings. The maximum absolute atomic E-state index is 10.5. The van der Waals surface area contributed by atoms with Gasteiger partial charge in [-0.25, -0.2) is 4.79 Å². The minimum atomic E-state index is -0.995. The minimum Gasteiger partial charge on any atom is -0.490 e. The van der Waals surface area contributed by atoms with Crippen molar-refractivity contribution in [3.05, 3.63) is 29.8 Å². The van der Waals surface area contributed by atoms with E-state index in [2.05, 4.69) is 5.92 Å². The van der Waals surface area contributed by atoms with Crippen molar-refractivity contribution in [2.45, 2.75) is 6.10 Å². The van der Waals surface area contributed by atoms with Gasteiger partial charge in [0.2, 0.25) is 0 Å². The van der Waals surface area contributed by atoms with Gasteiger partial charge >= 0.3 is 5.97 Å². The molecule has 0 bridgehead atoms. The molecule has 0 aromatic heterocycles. The van der Waals surface area contributed by atoms with E-state index in [-0.39, 0.29) is 12.2 Å². The van der Waals surface area contributed by atoms with Gasteiger partial charge < -0.3 is 14.9 Å². The zero-order valence-corrected chi connectivity index (χ0v) is 7.88. The van der Waals surface area contributed by atoms with Gasteiger partial charge in [-0.2, -0.15) is 0 Å². The smallest absolute Gasteiger partial charge is 0.335 e. The molecule has 15 heavy (non-hydrogen) atoms. The Balaban J connectivity index is 2.58. The molecule has 0 saturated carbocycles. The number of benzene rings is 1. The molecule has 0 heterocycles. The number of carbonyl (C=O) groups is 1. The van der Waals surface area contributed by atoms with Crippen molar-refractivity contribution >= 4 is 5.97 Å². The number of carboxylic acids is 1. The molecule has 2 N–H and O–H groups in total. The molecule has 0 unspecified atom stereocenters. The Kier molecular flexibility index (Phi) is 3.72. The van der Waals surface area contributed by atoms with Gasteiger partial charge in [0.1, 0.15) is 18.5 Å². The molecule has 1 rings (SSSR count). The van der Waals surface area contributed by atoms with Crippen molar-refractivity contribution in [2.75, 3.05) is 6.61 Å². The molecule has 1 aromatic rings. The van der Waals surface area contributed by atoms with E-state index in [0.717, 1.165) is 0 Å². The lowest BCUT2D eigenvalue weighted by molar-refractivity contribution is 0.0696. The molecule has 1 aromatic carbocycles. The molecule has 0 saturated heterocycles. The molecular formula is C11H10O4. The monoisotopic (exact) mass is 206 g/mol. The summed E-state index contributed by atoms with van der Waals surface area (Å²) in [5.74, 6) is 1.57. The van der Waals surface area contributed by atoms with Crippen LogP contribution in [0.3, 0.4) is 0 Å². The Labute approximate surface area is 87.1 Å². The molecule has 78 valence electrons. The second-order valence-corrected chi connectivity index (χ2v) is 2.82. The number of aromatic carboxylic acids is 1. The lowest BCUT2D eigenvalue weighted by Gasteiger charge is -2.07. The lowest BCUT2D eigenvalue weighted by atomic mass is 10.2. The number of carboxylic acid groups (broad SMARTS) is 1. The Morgan fingerprint density at radius 2 is 2.07 bits per heavy atom. The maximum atomic E-state index is 10.5. The standard InChI is InChI=1S/C11H10O4/c1-2-9(12)7-15-10-5-3-8(4-6-10)11(13)14/h1,3-6,9,12H,7H2,(H,13,14)/t9-/m1/s1. The van der Waals surface area contributed by atoms with Crippen LogP contribution in [0.4, 0.5) is 0 Å². The second-order valence-electron chi connectivity index (χ2n) is 2.82. The number of aliphatic hydroxyl groups excluding tert-OH is 1. The van der Waals surface area contributed by atoms with Crippen LogP contribution in [0, 0.1) is 12.3 Å². The van der Waals surface area contributed by atoms with Gasteiger partial charge in [-0.3, -0.25) is 0 Å². The molecule has 0 radical (unpaired) electrons. The normalized spacial score (nSPS) is 11.5. The molecule has 1 atom stereocenters. The minimum absolute atomic E-state index is 0.0110. The van der Waals surface area contributed by atoms with E-state index >= 15 is 0 Å². The number of terminal acetylenes is 1. The van der Waals surface area contributed by atoms with Gasteiger partial charge in [-0.15, -0.1) is 6.42 Å². The van der Waals surface area contributed by atoms with Gasteiger partial charge in [0.25, 0.3) is 0 Å². The van der Waals surface area contributed by atoms with Crippen molar-refractivity contribution < 1.29 is 19.7 Å². The van der Waals surface area contributed by atoms with Crippen molar-refractivity contribution in [3.8, 4) is 18.1 Å². The highest BCUT2D eigenvalue weighted by molar-refractivity contribution is 5.87. The maximum Gasteiger partial charge on any atom is 0.335 e. The number of hydrogen-bond donors (Lipinski definition) is 2. The van der Waals surface area contributed by atoms with E-state index in [1.807, 2.05) is 0 Å². The predicted molar refractivity (Wildman–Crippen MR) is 53.7 cm³/mol. The molecule has 0 spiro atoms. The summed E-state index contributed by atoms with van der Waals surface area (Å²) in [6.07, 6.45) is 3.99. The average molecular weight is 206 g/mol. The third-order valence-electron chi connectivity index (χ3n) is 1.70. The molecular weight excluding hydrogens is 196 g/mol. The molecule has 0 fully saturated rings. The number of rotatable bonds is 4. The predicted octanol–water partition coefficient (Wildman–Crippen LogP) is 0.758. The first-order valence-electron chi connectivity index (χ1n) is 4.24. The van der Waals surface area contributed by atoms with Crippen LogP contribution in [0.5, 0.6) is 5.75 Å². The summed E-state index contributed by atoms with van der Waals surface area (Å²) in [6.45, 7) is -0.0110. The zero-order chi connectivity index (χ0) is 11.3. The third-order valence-corrected chi connectivity index (χ3v) is 1.70. The van der Waals surface area contributed by atoms with Crippen LogP contribution in [0.25, 0.3) is 0 Å². The Morgan fingerprint density at radius 3 is 2.53 bits per heavy atom. The zero-order valence-electron chi connectivity index (χ0n) is 7.88. The summed E-state index contributed by atoms with van der Waals surface area (Å²) in [4.78, 5) is 10.5. The molecule has 0 amide bonds. The molecule has 0 aliphatic carbocycles. The van der Waals surface area contributed by atoms with E-state index in [9.17, 15) is 4.79 Å². The van der Waals surface area contributed by atoms with Crippen LogP contribution in [0.2, 0.25) is 0 Å². The number of hydrogen-bond acceptors (Lipinski definition) is 3. The largest absolute Gasteiger partial charge is 0.490 e. The van der Waals surface area contributed by atoms with Crippen molar-refractivity contribution in [3.63, 3.8) is 0 Å². The van der Waals surface area contributed by atoms with E-state index in [1.54, 1.807) is 0 Å². The van der Waals surface area contributed by atoms with Crippen LogP contribution in [0.1, 0.15) is 10.4 Å². The van der Waals surface area contributed by atoms with Gasteiger partial charge in [0.15, 0.2) is 0 Å². The van der Waals surface area contributed by atoms with E-state index in [4.69, 9.17) is 21.4 Å². The SMILES string of the molecule is C#C[C@@H](O)COc1ccc(C(=O)O)cc1. The number of ether oxygens (including phenoxy) is 1. The van der Waals surface area contributed by atoms with Gasteiger partial charge in [0, 0.05) is 0 Å². The first kappa shape index (κ1) is 11.1. The highest BCUT2D eigenvalue weighted by atomic mass is 16.5. The molecule has 4 heteroatoms. The fourth-order valence-corrected chi connectivity index (χ4v) is 0.917. The quantitative estimate of drug-likeness (QED) is 0.713. The van der Waals surface area contributed by atoms with Crippen LogP contribution in [-0.4, -0.2) is 28.9 Å². The van der Waals surface area contributed by atoms with E-state index < -0.39 is 12.1 Å². The summed E-state index contributed by atoms with van der Waals surface area (Å²) in [6, 6.07) is 5.85. The summed E-state index contributed by atoms with van der Waals surface area (Å²) in [5, 5.41) is 17.6. The van der Waals surface area contributed by atoms with Crippen LogP contribution in [0.15, 0.2) is 24.3 Å². The first-order chi connectivity index (χ1) is 7.13. The van der Waals surface area contributed by atoms with Crippen molar-refractivity contribution in [2.24, 2.45) is 0 Å². The third kappa shape index (κ3) is 3.33. The summed E-state index contributed by atoms with van der Waals surface area (Å²) >= 11 is 0. The first-order valence-corrected chi connectivity index (χ1v) is 4.24. The Bertz CT molecular complexity index is 375. The van der Waals surface area contributed by atoms with Gasteiger partial charge in [-0.05, 0) is 24.3 Å². The van der Waals surface area contributed by atoms with E-state index in [1.165, 1.54) is 24.3 Å². The fourth-order valence-electron chi connectivity index (χ4n) is 0.917. The topological polar surface area (TPSA) is 66.8 Å². The van der Waals surface area contributed by atoms with Crippen molar-refractivity contribution in [1.29, 1.82) is 0 Å². The summed E-state index contributed by atoms with van der Waals surface area (Å²) < 4.78 is 5.11. The Hall–Kier alpha value is -1.99. The van der Waals surface area contributed by atoms with Crippen molar-refractivity contribution in [1.82, 2.24) is 0 Å². The fraction of sp³-hybridized carbons (Fsp3) is 0.182.